The number of aromatic amines is 1. The van der Waals surface area contributed by atoms with E-state index in [1.54, 1.807) is 12.1 Å². The second-order valence-corrected chi connectivity index (χ2v) is 4.96. The van der Waals surface area contributed by atoms with E-state index in [0.29, 0.717) is 5.56 Å². The highest BCUT2D eigenvalue weighted by molar-refractivity contribution is 6.67. The Morgan fingerprint density at radius 3 is 2.69 bits per heavy atom. The Morgan fingerprint density at radius 2 is 2.00 bits per heavy atom. The fourth-order valence-electron chi connectivity index (χ4n) is 1.26. The average molecular weight is 234 g/mol. The molecule has 0 bridgehead atoms. The molecule has 0 aliphatic carbocycles. The molecule has 2 rings (SSSR count). The average Bonchev–Trinajstić information content (AvgIpc) is 2.48. The molecule has 2 aromatic rings. The summed E-state index contributed by atoms with van der Waals surface area (Å²) in [6, 6.07) is 7.30. The number of alkyl halides is 3. The van der Waals surface area contributed by atoms with Crippen molar-refractivity contribution in [3.05, 3.63) is 36.0 Å². The van der Waals surface area contributed by atoms with E-state index in [9.17, 15) is 0 Å². The van der Waals surface area contributed by atoms with Gasteiger partial charge in [-0.3, -0.25) is 0 Å². The Kier molecular flexibility index (Phi) is 2.18. The van der Waals surface area contributed by atoms with Gasteiger partial charge in [-0.15, -0.1) is 0 Å². The fraction of sp³-hybridized carbons (Fsp3) is 0.111. The molecule has 1 aromatic carbocycles. The summed E-state index contributed by atoms with van der Waals surface area (Å²) in [7, 11) is 0. The Bertz CT molecular complexity index is 428. The molecule has 0 atom stereocenters. The monoisotopic (exact) mass is 232 g/mol. The molecule has 0 fully saturated rings. The highest BCUT2D eigenvalue weighted by Gasteiger charge is 2.24. The maximum atomic E-state index is 5.80. The van der Waals surface area contributed by atoms with Gasteiger partial charge in [0.2, 0.25) is 3.79 Å². The highest BCUT2D eigenvalue weighted by Crippen LogP contribution is 2.41. The van der Waals surface area contributed by atoms with E-state index in [4.69, 9.17) is 34.8 Å². The molecule has 0 amide bonds. The number of nitrogens with one attached hydrogen (secondary N) is 1. The first-order valence-corrected chi connectivity index (χ1v) is 4.77. The van der Waals surface area contributed by atoms with E-state index in [0.717, 1.165) is 10.9 Å². The lowest BCUT2D eigenvalue weighted by Crippen LogP contribution is -1.99. The summed E-state index contributed by atoms with van der Waals surface area (Å²) in [6.07, 6.45) is 2.85. The maximum Gasteiger partial charge on any atom is 0.216 e. The van der Waals surface area contributed by atoms with Crippen molar-refractivity contribution in [2.75, 3.05) is 0 Å². The van der Waals surface area contributed by atoms with Gasteiger partial charge >= 0.3 is 0 Å². The third kappa shape index (κ3) is 1.64. The van der Waals surface area contributed by atoms with E-state index in [2.05, 4.69) is 11.2 Å². The van der Waals surface area contributed by atoms with Gasteiger partial charge in [-0.05, 0) is 12.1 Å². The van der Waals surface area contributed by atoms with Crippen LogP contribution in [0.5, 0.6) is 0 Å². The second kappa shape index (κ2) is 3.09. The third-order valence-electron chi connectivity index (χ3n) is 1.83. The zero-order valence-corrected chi connectivity index (χ0v) is 8.71. The molecule has 4 heteroatoms. The molecule has 0 spiro atoms. The second-order valence-electron chi connectivity index (χ2n) is 2.68. The normalized spacial score (nSPS) is 12.2. The Labute approximate surface area is 90.6 Å². The van der Waals surface area contributed by atoms with Crippen LogP contribution in [-0.2, 0) is 3.79 Å². The van der Waals surface area contributed by atoms with Gasteiger partial charge in [-0.2, -0.15) is 0 Å². The predicted octanol–water partition coefficient (Wildman–Crippen LogP) is 3.79. The van der Waals surface area contributed by atoms with E-state index in [-0.39, 0.29) is 0 Å². The summed E-state index contributed by atoms with van der Waals surface area (Å²) in [5, 5.41) is 0.891. The van der Waals surface area contributed by atoms with Crippen LogP contribution in [0.15, 0.2) is 24.3 Å². The lowest BCUT2D eigenvalue weighted by Gasteiger charge is -2.11. The Balaban J connectivity index is 2.75. The number of halogens is 3. The molecular formula is C9H5Cl3N. The minimum atomic E-state index is -1.38. The molecule has 1 nitrogen and oxygen atoms in total. The van der Waals surface area contributed by atoms with Crippen LogP contribution in [-0.4, -0.2) is 4.98 Å². The summed E-state index contributed by atoms with van der Waals surface area (Å²) in [5.41, 5.74) is 1.59. The molecule has 0 unspecified atom stereocenters. The first-order chi connectivity index (χ1) is 6.09. The molecule has 0 aliphatic heterocycles. The van der Waals surface area contributed by atoms with Crippen LogP contribution < -0.4 is 0 Å². The van der Waals surface area contributed by atoms with Crippen LogP contribution in [0.2, 0.25) is 0 Å². The van der Waals surface area contributed by atoms with Crippen molar-refractivity contribution in [1.29, 1.82) is 0 Å². The molecule has 1 N–H and O–H groups in total. The summed E-state index contributed by atoms with van der Waals surface area (Å²) >= 11 is 17.4. The summed E-state index contributed by atoms with van der Waals surface area (Å²) in [4.78, 5) is 2.93. The van der Waals surface area contributed by atoms with E-state index < -0.39 is 3.79 Å². The van der Waals surface area contributed by atoms with E-state index in [1.807, 2.05) is 12.1 Å². The molecule has 13 heavy (non-hydrogen) atoms. The number of rotatable bonds is 0. The van der Waals surface area contributed by atoms with Crippen molar-refractivity contribution in [2.45, 2.75) is 3.79 Å². The lowest BCUT2D eigenvalue weighted by molar-refractivity contribution is 1.27. The van der Waals surface area contributed by atoms with Gasteiger partial charge in [0.1, 0.15) is 0 Å². The van der Waals surface area contributed by atoms with E-state index in [1.165, 1.54) is 0 Å². The zero-order chi connectivity index (χ0) is 9.47. The van der Waals surface area contributed by atoms with Crippen LogP contribution in [0.4, 0.5) is 0 Å². The molecule has 0 aliphatic rings. The molecule has 1 heterocycles. The topological polar surface area (TPSA) is 15.8 Å². The summed E-state index contributed by atoms with van der Waals surface area (Å²) in [6.45, 7) is 0. The number of aromatic nitrogens is 1. The first-order valence-electron chi connectivity index (χ1n) is 3.64. The van der Waals surface area contributed by atoms with Gasteiger partial charge in [0.25, 0.3) is 0 Å². The lowest BCUT2D eigenvalue weighted by atomic mass is 10.1. The van der Waals surface area contributed by atoms with Gasteiger partial charge in [0.05, 0.1) is 6.20 Å². The minimum Gasteiger partial charge on any atom is -0.353 e. The van der Waals surface area contributed by atoms with Crippen molar-refractivity contribution in [3.63, 3.8) is 0 Å². The first kappa shape index (κ1) is 9.20. The standard InChI is InChI=1S/C9H5Cl3N/c10-9(11,12)7-2-1-3-8-6(7)4-5-13-8/h1-4,13H. The predicted molar refractivity (Wildman–Crippen MR) is 56.4 cm³/mol. The smallest absolute Gasteiger partial charge is 0.216 e. The SMILES string of the molecule is ClC(Cl)(Cl)c1cccc2[nH][c]cc12. The quantitative estimate of drug-likeness (QED) is 0.666. The maximum absolute atomic E-state index is 5.80. The van der Waals surface area contributed by atoms with Crippen LogP contribution in [0.1, 0.15) is 5.56 Å². The molecule has 0 saturated heterocycles. The molecule has 67 valence electrons. The van der Waals surface area contributed by atoms with Crippen LogP contribution in [0, 0.1) is 6.20 Å². The molecular weight excluding hydrogens is 228 g/mol. The number of benzene rings is 1. The largest absolute Gasteiger partial charge is 0.353 e. The Hall–Kier alpha value is -0.370. The van der Waals surface area contributed by atoms with Gasteiger partial charge in [-0.25, -0.2) is 0 Å². The summed E-state index contributed by atoms with van der Waals surface area (Å²) < 4.78 is -1.38. The van der Waals surface area contributed by atoms with Gasteiger partial charge < -0.3 is 4.98 Å². The highest BCUT2D eigenvalue weighted by atomic mass is 35.6. The van der Waals surface area contributed by atoms with Crippen molar-refractivity contribution in [3.8, 4) is 0 Å². The number of hydrogen-bond acceptors (Lipinski definition) is 0. The van der Waals surface area contributed by atoms with Crippen molar-refractivity contribution < 1.29 is 0 Å². The molecule has 0 saturated carbocycles. The van der Waals surface area contributed by atoms with Gasteiger partial charge in [0.15, 0.2) is 0 Å². The molecule has 1 aromatic heterocycles. The zero-order valence-electron chi connectivity index (χ0n) is 6.44. The van der Waals surface area contributed by atoms with Crippen LogP contribution in [0.25, 0.3) is 10.9 Å². The Morgan fingerprint density at radius 1 is 1.23 bits per heavy atom. The van der Waals surface area contributed by atoms with Crippen LogP contribution in [0.3, 0.4) is 0 Å². The van der Waals surface area contributed by atoms with Gasteiger partial charge in [0, 0.05) is 16.5 Å². The van der Waals surface area contributed by atoms with Gasteiger partial charge in [-0.1, -0.05) is 46.9 Å². The number of H-pyrrole nitrogens is 1. The minimum absolute atomic E-state index is 0.674. The van der Waals surface area contributed by atoms with E-state index >= 15 is 0 Å². The fourth-order valence-corrected chi connectivity index (χ4v) is 1.76. The van der Waals surface area contributed by atoms with Crippen LogP contribution >= 0.6 is 34.8 Å². The van der Waals surface area contributed by atoms with Crippen molar-refractivity contribution >= 4 is 45.7 Å². The summed E-state index contributed by atoms with van der Waals surface area (Å²) in [5.74, 6) is 0. The van der Waals surface area contributed by atoms with Crippen molar-refractivity contribution in [1.82, 2.24) is 4.98 Å². The third-order valence-corrected chi connectivity index (χ3v) is 2.45. The number of fused-ring (bicyclic) bond motifs is 1. The number of hydrogen-bond donors (Lipinski definition) is 1. The van der Waals surface area contributed by atoms with Crippen molar-refractivity contribution in [2.24, 2.45) is 0 Å². The molecule has 1 radical (unpaired) electrons.